The number of aliphatic hydroxyl groups is 1. The molecule has 216 valence electrons. The van der Waals surface area contributed by atoms with E-state index in [1.54, 1.807) is 30.5 Å². The molecule has 1 fully saturated rings. The minimum Gasteiger partial charge on any atom is -0.484 e. The monoisotopic (exact) mass is 560 g/mol. The maximum atomic E-state index is 13.6. The molecule has 2 aromatic carbocycles. The predicted octanol–water partition coefficient (Wildman–Crippen LogP) is 4.52. The van der Waals surface area contributed by atoms with Crippen molar-refractivity contribution >= 4 is 15.7 Å². The second-order valence-electron chi connectivity index (χ2n) is 11.6. The fraction of sp³-hybridized carbons (Fsp3) is 0.600. The number of aryl methyl sites for hydroxylation is 1. The number of ether oxygens (including phenoxy) is 3. The molecule has 2 aromatic rings. The summed E-state index contributed by atoms with van der Waals surface area (Å²) in [5.41, 5.74) is 2.80. The van der Waals surface area contributed by atoms with Crippen molar-refractivity contribution in [1.82, 2.24) is 4.31 Å². The van der Waals surface area contributed by atoms with Gasteiger partial charge in [-0.2, -0.15) is 4.31 Å². The van der Waals surface area contributed by atoms with Crippen molar-refractivity contribution in [2.24, 2.45) is 0 Å². The van der Waals surface area contributed by atoms with Gasteiger partial charge in [0, 0.05) is 32.8 Å². The van der Waals surface area contributed by atoms with Crippen LogP contribution in [0.2, 0.25) is 0 Å². The molecule has 1 saturated heterocycles. The molecule has 0 radical (unpaired) electrons. The second-order valence-corrected chi connectivity index (χ2v) is 13.5. The second kappa shape index (κ2) is 12.6. The molecule has 8 nitrogen and oxygen atoms in total. The summed E-state index contributed by atoms with van der Waals surface area (Å²) in [7, 11) is -2.00. The summed E-state index contributed by atoms with van der Waals surface area (Å²) in [4.78, 5) is 2.62. The number of aliphatic hydroxyl groups excluding tert-OH is 1. The summed E-state index contributed by atoms with van der Waals surface area (Å²) in [6.07, 6.45) is 1.88. The number of rotatable bonds is 11. The Hall–Kier alpha value is -2.17. The van der Waals surface area contributed by atoms with Crippen molar-refractivity contribution < 1.29 is 27.7 Å². The molecule has 0 amide bonds. The van der Waals surface area contributed by atoms with E-state index in [9.17, 15) is 13.5 Å². The minimum absolute atomic E-state index is 0.237. The minimum atomic E-state index is -3.72. The van der Waals surface area contributed by atoms with Crippen molar-refractivity contribution in [3.8, 4) is 5.75 Å². The van der Waals surface area contributed by atoms with E-state index in [-0.39, 0.29) is 29.2 Å². The maximum absolute atomic E-state index is 13.6. The molecule has 4 rings (SSSR count). The first-order valence-electron chi connectivity index (χ1n) is 13.9. The third kappa shape index (κ3) is 7.52. The summed E-state index contributed by atoms with van der Waals surface area (Å²) in [6.45, 7) is 10.8. The highest BCUT2D eigenvalue weighted by Gasteiger charge is 2.38. The highest BCUT2D eigenvalue weighted by molar-refractivity contribution is 7.89. The predicted molar refractivity (Wildman–Crippen MR) is 153 cm³/mol. The zero-order valence-corrected chi connectivity index (χ0v) is 24.7. The molecule has 0 bridgehead atoms. The van der Waals surface area contributed by atoms with Crippen LogP contribution in [-0.2, 0) is 26.1 Å². The zero-order chi connectivity index (χ0) is 28.2. The highest BCUT2D eigenvalue weighted by Crippen LogP contribution is 2.38. The number of hydrogen-bond donors (Lipinski definition) is 1. The van der Waals surface area contributed by atoms with Gasteiger partial charge in [0.2, 0.25) is 10.0 Å². The van der Waals surface area contributed by atoms with Crippen LogP contribution in [0, 0.1) is 6.92 Å². The van der Waals surface area contributed by atoms with E-state index >= 15 is 0 Å². The Labute approximate surface area is 233 Å². The number of benzene rings is 2. The van der Waals surface area contributed by atoms with E-state index in [4.69, 9.17) is 14.2 Å². The topological polar surface area (TPSA) is 88.5 Å². The molecule has 1 N–H and O–H groups in total. The lowest BCUT2D eigenvalue weighted by Crippen LogP contribution is -2.50. The van der Waals surface area contributed by atoms with Crippen LogP contribution in [0.25, 0.3) is 0 Å². The van der Waals surface area contributed by atoms with Crippen LogP contribution in [-0.4, -0.2) is 75.0 Å². The number of fused-ring (bicyclic) bond motifs is 1. The van der Waals surface area contributed by atoms with Crippen LogP contribution in [0.15, 0.2) is 47.4 Å². The summed E-state index contributed by atoms with van der Waals surface area (Å²) < 4.78 is 46.6. The molecule has 2 aliphatic rings. The van der Waals surface area contributed by atoms with E-state index in [1.807, 2.05) is 31.2 Å². The van der Waals surface area contributed by atoms with E-state index in [0.717, 1.165) is 48.5 Å². The van der Waals surface area contributed by atoms with Gasteiger partial charge in [-0.05, 0) is 83.2 Å². The average molecular weight is 561 g/mol. The average Bonchev–Trinajstić information content (AvgIpc) is 2.87. The van der Waals surface area contributed by atoms with Crippen molar-refractivity contribution in [3.05, 3.63) is 53.6 Å². The van der Waals surface area contributed by atoms with Gasteiger partial charge in [-0.15, -0.1) is 0 Å². The molecule has 9 heteroatoms. The molecular weight excluding hydrogens is 516 g/mol. The first-order valence-corrected chi connectivity index (χ1v) is 15.4. The molecule has 2 aliphatic heterocycles. The lowest BCUT2D eigenvalue weighted by molar-refractivity contribution is -0.0106. The molecule has 0 spiro atoms. The summed E-state index contributed by atoms with van der Waals surface area (Å²) in [5.74, 6) is 0.862. The maximum Gasteiger partial charge on any atom is 0.243 e. The molecule has 0 aliphatic carbocycles. The van der Waals surface area contributed by atoms with E-state index < -0.39 is 16.1 Å². The van der Waals surface area contributed by atoms with Gasteiger partial charge in [-0.1, -0.05) is 23.8 Å². The normalized spacial score (nSPS) is 22.3. The first kappa shape index (κ1) is 29.8. The Kier molecular flexibility index (Phi) is 9.60. The lowest BCUT2D eigenvalue weighted by Gasteiger charge is -2.41. The standard InChI is InChI=1S/C30H44N2O6S/c1-22-7-12-27(13-8-22)39(34,35)32-19-26(11-10-25(32)17-23(2)33)37-20-24-9-14-29-28(18-24)31(15-6-16-36-5)21-30(3,4)38-29/h7-9,12-14,18,23,25-26,33H,6,10-11,15-17,19-21H2,1-5H3/t23-,25-,26+/m0/s1. The Bertz CT molecular complexity index is 1200. The van der Waals surface area contributed by atoms with Crippen molar-refractivity contribution in [1.29, 1.82) is 0 Å². The Morgan fingerprint density at radius 2 is 1.90 bits per heavy atom. The number of piperidine rings is 1. The summed E-state index contributed by atoms with van der Waals surface area (Å²) in [6, 6.07) is 12.8. The molecule has 39 heavy (non-hydrogen) atoms. The van der Waals surface area contributed by atoms with Crippen molar-refractivity contribution in [2.75, 3.05) is 38.3 Å². The van der Waals surface area contributed by atoms with Crippen LogP contribution >= 0.6 is 0 Å². The third-order valence-electron chi connectivity index (χ3n) is 7.44. The van der Waals surface area contributed by atoms with Crippen LogP contribution in [0.3, 0.4) is 0 Å². The lowest BCUT2D eigenvalue weighted by atomic mass is 9.98. The van der Waals surface area contributed by atoms with Gasteiger partial charge >= 0.3 is 0 Å². The smallest absolute Gasteiger partial charge is 0.243 e. The number of nitrogens with zero attached hydrogens (tertiary/aromatic N) is 2. The molecule has 2 heterocycles. The SMILES string of the molecule is COCCCN1CC(C)(C)Oc2ccc(CO[C@@H]3CC[C@@H](C[C@H](C)O)N(S(=O)(=O)c4ccc(C)cc4)C3)cc21. The van der Waals surface area contributed by atoms with Gasteiger partial charge < -0.3 is 24.2 Å². The fourth-order valence-electron chi connectivity index (χ4n) is 5.54. The largest absolute Gasteiger partial charge is 0.484 e. The Balaban J connectivity index is 1.48. The number of anilines is 1. The van der Waals surface area contributed by atoms with Gasteiger partial charge in [0.05, 0.1) is 35.9 Å². The Morgan fingerprint density at radius 1 is 1.15 bits per heavy atom. The highest BCUT2D eigenvalue weighted by atomic mass is 32.2. The van der Waals surface area contributed by atoms with Gasteiger partial charge in [-0.25, -0.2) is 8.42 Å². The van der Waals surface area contributed by atoms with Gasteiger partial charge in [0.25, 0.3) is 0 Å². The molecular formula is C30H44N2O6S. The molecule has 3 atom stereocenters. The number of hydrogen-bond acceptors (Lipinski definition) is 7. The third-order valence-corrected chi connectivity index (χ3v) is 9.37. The zero-order valence-electron chi connectivity index (χ0n) is 23.9. The van der Waals surface area contributed by atoms with E-state index in [2.05, 4.69) is 24.8 Å². The van der Waals surface area contributed by atoms with Gasteiger partial charge in [0.1, 0.15) is 11.4 Å². The van der Waals surface area contributed by atoms with Crippen LogP contribution in [0.1, 0.15) is 57.6 Å². The van der Waals surface area contributed by atoms with Crippen LogP contribution in [0.4, 0.5) is 5.69 Å². The van der Waals surface area contributed by atoms with Crippen LogP contribution in [0.5, 0.6) is 5.75 Å². The Morgan fingerprint density at radius 3 is 2.59 bits per heavy atom. The van der Waals surface area contributed by atoms with Crippen LogP contribution < -0.4 is 9.64 Å². The number of methoxy groups -OCH3 is 1. The molecule has 0 aromatic heterocycles. The first-order chi connectivity index (χ1) is 18.5. The van der Waals surface area contributed by atoms with Crippen molar-refractivity contribution in [2.45, 2.75) is 88.7 Å². The molecule has 0 saturated carbocycles. The van der Waals surface area contributed by atoms with Gasteiger partial charge in [-0.3, -0.25) is 0 Å². The fourth-order valence-corrected chi connectivity index (χ4v) is 7.24. The number of sulfonamides is 1. The quantitative estimate of drug-likeness (QED) is 0.404. The summed E-state index contributed by atoms with van der Waals surface area (Å²) >= 11 is 0. The van der Waals surface area contributed by atoms with Crippen molar-refractivity contribution in [3.63, 3.8) is 0 Å². The van der Waals surface area contributed by atoms with E-state index in [0.29, 0.717) is 26.1 Å². The molecule has 0 unspecified atom stereocenters. The van der Waals surface area contributed by atoms with Gasteiger partial charge in [0.15, 0.2) is 0 Å². The summed E-state index contributed by atoms with van der Waals surface area (Å²) in [5, 5.41) is 10.1. The van der Waals surface area contributed by atoms with E-state index in [1.165, 1.54) is 0 Å².